The third-order valence-electron chi connectivity index (χ3n) is 3.35. The first-order valence-electron chi connectivity index (χ1n) is 8.36. The molecule has 0 amide bonds. The van der Waals surface area contributed by atoms with Crippen LogP contribution in [-0.2, 0) is 6.54 Å². The van der Waals surface area contributed by atoms with E-state index in [0.717, 1.165) is 24.0 Å². The Kier molecular flexibility index (Phi) is 10.5. The Bertz CT molecular complexity index is 354. The molecule has 0 saturated carbocycles. The second-order valence-corrected chi connectivity index (χ2v) is 6.83. The number of nitrogens with zero attached hydrogens (tertiary/aromatic N) is 4. The van der Waals surface area contributed by atoms with Crippen LogP contribution in [0.1, 0.15) is 65.7 Å². The summed E-state index contributed by atoms with van der Waals surface area (Å²) in [6.45, 7) is 8.31. The van der Waals surface area contributed by atoms with Crippen LogP contribution in [-0.4, -0.2) is 38.5 Å². The SMILES string of the molecule is CCCCCCCCCSc1nnnn1CCNC(C)C. The van der Waals surface area contributed by atoms with Crippen LogP contribution >= 0.6 is 11.8 Å². The average molecular weight is 314 g/mol. The zero-order chi connectivity index (χ0) is 15.3. The Balaban J connectivity index is 2.08. The molecule has 21 heavy (non-hydrogen) atoms. The molecule has 1 heterocycles. The van der Waals surface area contributed by atoms with Crippen molar-refractivity contribution in [1.82, 2.24) is 25.5 Å². The maximum Gasteiger partial charge on any atom is 0.209 e. The summed E-state index contributed by atoms with van der Waals surface area (Å²) in [6, 6.07) is 0.505. The van der Waals surface area contributed by atoms with Gasteiger partial charge in [-0.25, -0.2) is 4.68 Å². The average Bonchev–Trinajstić information content (AvgIpc) is 2.89. The van der Waals surface area contributed by atoms with E-state index in [0.29, 0.717) is 6.04 Å². The van der Waals surface area contributed by atoms with Crippen molar-refractivity contribution in [2.45, 2.75) is 83.5 Å². The van der Waals surface area contributed by atoms with E-state index < -0.39 is 0 Å². The first-order valence-corrected chi connectivity index (χ1v) is 9.35. The lowest BCUT2D eigenvalue weighted by Gasteiger charge is -2.08. The minimum absolute atomic E-state index is 0.505. The van der Waals surface area contributed by atoms with Gasteiger partial charge in [-0.2, -0.15) is 0 Å². The van der Waals surface area contributed by atoms with Gasteiger partial charge in [0.05, 0.1) is 6.54 Å². The van der Waals surface area contributed by atoms with Gasteiger partial charge in [-0.1, -0.05) is 71.1 Å². The molecule has 1 aromatic heterocycles. The summed E-state index contributed by atoms with van der Waals surface area (Å²) < 4.78 is 1.90. The lowest BCUT2D eigenvalue weighted by Crippen LogP contribution is -2.27. The molecule has 0 saturated heterocycles. The van der Waals surface area contributed by atoms with Gasteiger partial charge in [-0.05, 0) is 16.8 Å². The van der Waals surface area contributed by atoms with Crippen molar-refractivity contribution in [3.8, 4) is 0 Å². The molecule has 122 valence electrons. The number of aromatic nitrogens is 4. The third-order valence-corrected chi connectivity index (χ3v) is 4.40. The Morgan fingerprint density at radius 1 is 1.10 bits per heavy atom. The number of tetrazole rings is 1. The summed E-state index contributed by atoms with van der Waals surface area (Å²) in [5.74, 6) is 1.12. The highest BCUT2D eigenvalue weighted by Crippen LogP contribution is 2.16. The van der Waals surface area contributed by atoms with Crippen LogP contribution in [0.15, 0.2) is 5.16 Å². The van der Waals surface area contributed by atoms with Crippen LogP contribution in [0.4, 0.5) is 0 Å². The molecule has 0 radical (unpaired) electrons. The van der Waals surface area contributed by atoms with Crippen LogP contribution in [0, 0.1) is 0 Å². The number of hydrogen-bond acceptors (Lipinski definition) is 5. The van der Waals surface area contributed by atoms with E-state index in [-0.39, 0.29) is 0 Å². The number of thioether (sulfide) groups is 1. The quantitative estimate of drug-likeness (QED) is 0.446. The molecule has 0 bridgehead atoms. The van der Waals surface area contributed by atoms with Crippen molar-refractivity contribution >= 4 is 11.8 Å². The summed E-state index contributed by atoms with van der Waals surface area (Å²) >= 11 is 1.78. The fraction of sp³-hybridized carbons (Fsp3) is 0.933. The molecular weight excluding hydrogens is 282 g/mol. The van der Waals surface area contributed by atoms with Gasteiger partial charge in [-0.3, -0.25) is 0 Å². The molecule has 0 aliphatic heterocycles. The van der Waals surface area contributed by atoms with Crippen molar-refractivity contribution in [2.24, 2.45) is 0 Å². The molecule has 0 aliphatic rings. The van der Waals surface area contributed by atoms with E-state index in [1.165, 1.54) is 44.9 Å². The molecule has 0 unspecified atom stereocenters. The smallest absolute Gasteiger partial charge is 0.209 e. The third kappa shape index (κ3) is 9.09. The van der Waals surface area contributed by atoms with E-state index in [1.807, 2.05) is 4.68 Å². The normalized spacial score (nSPS) is 11.4. The van der Waals surface area contributed by atoms with Crippen LogP contribution in [0.25, 0.3) is 0 Å². The molecule has 1 aromatic rings. The second-order valence-electron chi connectivity index (χ2n) is 5.76. The topological polar surface area (TPSA) is 55.6 Å². The van der Waals surface area contributed by atoms with E-state index in [9.17, 15) is 0 Å². The Morgan fingerprint density at radius 2 is 1.81 bits per heavy atom. The predicted octanol–water partition coefficient (Wildman–Crippen LogP) is 3.51. The first kappa shape index (κ1) is 18.4. The number of nitrogens with one attached hydrogen (secondary N) is 1. The van der Waals surface area contributed by atoms with Gasteiger partial charge >= 0.3 is 0 Å². The van der Waals surface area contributed by atoms with Crippen LogP contribution in [0.5, 0.6) is 0 Å². The molecular formula is C15H31N5S. The maximum atomic E-state index is 4.11. The van der Waals surface area contributed by atoms with Gasteiger partial charge in [0.1, 0.15) is 0 Å². The zero-order valence-electron chi connectivity index (χ0n) is 13.8. The summed E-state index contributed by atoms with van der Waals surface area (Å²) in [5.41, 5.74) is 0. The minimum Gasteiger partial charge on any atom is -0.313 e. The fourth-order valence-electron chi connectivity index (χ4n) is 2.12. The van der Waals surface area contributed by atoms with Crippen LogP contribution < -0.4 is 5.32 Å². The molecule has 0 fully saturated rings. The van der Waals surface area contributed by atoms with Gasteiger partial charge in [0.15, 0.2) is 0 Å². The minimum atomic E-state index is 0.505. The van der Waals surface area contributed by atoms with Gasteiger partial charge in [0.25, 0.3) is 0 Å². The van der Waals surface area contributed by atoms with Gasteiger partial charge in [-0.15, -0.1) is 5.10 Å². The van der Waals surface area contributed by atoms with Crippen LogP contribution in [0.2, 0.25) is 0 Å². The molecule has 1 rings (SSSR count). The van der Waals surface area contributed by atoms with Crippen molar-refractivity contribution in [3.05, 3.63) is 0 Å². The monoisotopic (exact) mass is 313 g/mol. The van der Waals surface area contributed by atoms with Crippen molar-refractivity contribution < 1.29 is 0 Å². The summed E-state index contributed by atoms with van der Waals surface area (Å²) in [4.78, 5) is 0. The molecule has 1 N–H and O–H groups in total. The van der Waals surface area contributed by atoms with E-state index in [1.54, 1.807) is 11.8 Å². The predicted molar refractivity (Wildman–Crippen MR) is 89.7 cm³/mol. The number of rotatable bonds is 13. The fourth-order valence-corrected chi connectivity index (χ4v) is 3.02. The molecule has 0 spiro atoms. The maximum absolute atomic E-state index is 4.11. The lowest BCUT2D eigenvalue weighted by molar-refractivity contribution is 0.485. The van der Waals surface area contributed by atoms with E-state index >= 15 is 0 Å². The number of hydrogen-bond donors (Lipinski definition) is 1. The standard InChI is InChI=1S/C15H31N5S/c1-4-5-6-7-8-9-10-13-21-15-17-18-19-20(15)12-11-16-14(2)3/h14,16H,4-13H2,1-3H3. The lowest BCUT2D eigenvalue weighted by atomic mass is 10.1. The first-order chi connectivity index (χ1) is 10.2. The highest BCUT2D eigenvalue weighted by Gasteiger charge is 2.06. The van der Waals surface area contributed by atoms with E-state index in [4.69, 9.17) is 0 Å². The highest BCUT2D eigenvalue weighted by atomic mass is 32.2. The van der Waals surface area contributed by atoms with Gasteiger partial charge < -0.3 is 5.32 Å². The number of unbranched alkanes of at least 4 members (excludes halogenated alkanes) is 6. The van der Waals surface area contributed by atoms with Gasteiger partial charge in [0, 0.05) is 18.3 Å². The molecule has 0 aromatic carbocycles. The highest BCUT2D eigenvalue weighted by molar-refractivity contribution is 7.99. The Labute approximate surface area is 133 Å². The molecule has 0 aliphatic carbocycles. The van der Waals surface area contributed by atoms with E-state index in [2.05, 4.69) is 41.6 Å². The summed E-state index contributed by atoms with van der Waals surface area (Å²) in [7, 11) is 0. The zero-order valence-corrected chi connectivity index (χ0v) is 14.7. The van der Waals surface area contributed by atoms with Crippen molar-refractivity contribution in [3.63, 3.8) is 0 Å². The van der Waals surface area contributed by atoms with Gasteiger partial charge in [0.2, 0.25) is 5.16 Å². The second kappa shape index (κ2) is 12.0. The van der Waals surface area contributed by atoms with Crippen molar-refractivity contribution in [2.75, 3.05) is 12.3 Å². The summed E-state index contributed by atoms with van der Waals surface area (Å²) in [6.07, 6.45) is 9.44. The Hall–Kier alpha value is -0.620. The molecule has 0 atom stereocenters. The Morgan fingerprint density at radius 3 is 2.52 bits per heavy atom. The summed E-state index contributed by atoms with van der Waals surface area (Å²) in [5, 5.41) is 16.3. The molecule has 5 nitrogen and oxygen atoms in total. The van der Waals surface area contributed by atoms with Crippen LogP contribution in [0.3, 0.4) is 0 Å². The molecule has 6 heteroatoms. The largest absolute Gasteiger partial charge is 0.313 e. The van der Waals surface area contributed by atoms with Crippen molar-refractivity contribution in [1.29, 1.82) is 0 Å².